The lowest BCUT2D eigenvalue weighted by Gasteiger charge is -2.10. The zero-order valence-corrected chi connectivity index (χ0v) is 18.1. The summed E-state index contributed by atoms with van der Waals surface area (Å²) in [6.07, 6.45) is 2.00. The maximum absolute atomic E-state index is 12.4. The van der Waals surface area contributed by atoms with Crippen LogP contribution in [-0.4, -0.2) is 47.5 Å². The molecule has 158 valence electrons. The van der Waals surface area contributed by atoms with E-state index >= 15 is 0 Å². The summed E-state index contributed by atoms with van der Waals surface area (Å²) in [5, 5.41) is 8.86. The van der Waals surface area contributed by atoms with Crippen LogP contribution in [0.4, 0.5) is 0 Å². The molecule has 3 aromatic rings. The van der Waals surface area contributed by atoms with Gasteiger partial charge >= 0.3 is 5.97 Å². The van der Waals surface area contributed by atoms with Crippen LogP contribution in [0, 0.1) is 6.92 Å². The van der Waals surface area contributed by atoms with Crippen LogP contribution >= 0.6 is 22.9 Å². The summed E-state index contributed by atoms with van der Waals surface area (Å²) in [5.74, 6) is -0.854. The highest BCUT2D eigenvalue weighted by Crippen LogP contribution is 2.30. The van der Waals surface area contributed by atoms with Crippen molar-refractivity contribution in [2.24, 2.45) is 0 Å². The number of thiophene rings is 1. The molecular weight excluding hydrogens is 426 g/mol. The lowest BCUT2D eigenvalue weighted by Crippen LogP contribution is -2.34. The van der Waals surface area contributed by atoms with Crippen molar-refractivity contribution in [3.05, 3.63) is 51.5 Å². The Morgan fingerprint density at radius 3 is 3.00 bits per heavy atom. The molecule has 0 bridgehead atoms. The molecule has 1 atom stereocenters. The van der Waals surface area contributed by atoms with Crippen LogP contribution in [0.1, 0.15) is 33.8 Å². The second kappa shape index (κ2) is 9.16. The quantitative estimate of drug-likeness (QED) is 0.560. The third-order valence-corrected chi connectivity index (χ3v) is 6.47. The van der Waals surface area contributed by atoms with E-state index in [1.54, 1.807) is 6.07 Å². The number of carbonyl (C=O) groups is 2. The molecule has 0 spiro atoms. The van der Waals surface area contributed by atoms with Crippen LogP contribution in [0.5, 0.6) is 0 Å². The molecule has 4 rings (SSSR count). The van der Waals surface area contributed by atoms with E-state index in [2.05, 4.69) is 10.4 Å². The fraction of sp³-hybridized carbons (Fsp3) is 0.381. The first-order valence-corrected chi connectivity index (χ1v) is 11.0. The third-order valence-electron chi connectivity index (χ3n) is 4.97. The highest BCUT2D eigenvalue weighted by atomic mass is 35.5. The van der Waals surface area contributed by atoms with E-state index in [0.29, 0.717) is 23.0 Å². The summed E-state index contributed by atoms with van der Waals surface area (Å²) in [7, 11) is 0. The van der Waals surface area contributed by atoms with Gasteiger partial charge in [-0.05, 0) is 37.5 Å². The fourth-order valence-electron chi connectivity index (χ4n) is 3.39. The van der Waals surface area contributed by atoms with Crippen LogP contribution in [0.15, 0.2) is 30.3 Å². The molecule has 1 unspecified atom stereocenters. The van der Waals surface area contributed by atoms with Gasteiger partial charge in [0.05, 0.1) is 18.3 Å². The van der Waals surface area contributed by atoms with Gasteiger partial charge in [0.2, 0.25) is 0 Å². The number of benzene rings is 1. The Morgan fingerprint density at radius 1 is 1.40 bits per heavy atom. The number of amides is 1. The van der Waals surface area contributed by atoms with Gasteiger partial charge in [0.15, 0.2) is 6.61 Å². The van der Waals surface area contributed by atoms with Crippen molar-refractivity contribution < 1.29 is 19.1 Å². The van der Waals surface area contributed by atoms with E-state index < -0.39 is 5.97 Å². The summed E-state index contributed by atoms with van der Waals surface area (Å²) in [4.78, 5) is 25.7. The normalized spacial score (nSPS) is 16.1. The Kier molecular flexibility index (Phi) is 6.36. The zero-order valence-electron chi connectivity index (χ0n) is 16.5. The molecule has 1 saturated heterocycles. The molecule has 1 aliphatic rings. The van der Waals surface area contributed by atoms with Gasteiger partial charge in [-0.3, -0.25) is 9.48 Å². The van der Waals surface area contributed by atoms with Crippen LogP contribution in [0.25, 0.3) is 10.2 Å². The third kappa shape index (κ3) is 4.66. The van der Waals surface area contributed by atoms with E-state index in [9.17, 15) is 9.59 Å². The fourth-order valence-corrected chi connectivity index (χ4v) is 4.64. The van der Waals surface area contributed by atoms with E-state index in [0.717, 1.165) is 40.9 Å². The number of halogens is 1. The van der Waals surface area contributed by atoms with Gasteiger partial charge in [0.1, 0.15) is 9.71 Å². The van der Waals surface area contributed by atoms with Crippen molar-refractivity contribution >= 4 is 45.0 Å². The molecule has 1 amide bonds. The number of ether oxygens (including phenoxy) is 2. The standard InChI is InChI=1S/C21H22ClN3O4S/c1-13-16-9-18(21(27)29-12-19(26)23-10-15-6-4-8-28-15)30-20(16)25(24-13)11-14-5-2-3-7-17(14)22/h2-3,5,7,9,15H,4,6,8,10-12H2,1H3,(H,23,26). The van der Waals surface area contributed by atoms with Crippen molar-refractivity contribution in [3.8, 4) is 0 Å². The first kappa shape index (κ1) is 20.8. The van der Waals surface area contributed by atoms with Gasteiger partial charge in [-0.25, -0.2) is 4.79 Å². The van der Waals surface area contributed by atoms with Crippen LogP contribution in [-0.2, 0) is 20.8 Å². The monoisotopic (exact) mass is 447 g/mol. The van der Waals surface area contributed by atoms with E-state index in [4.69, 9.17) is 21.1 Å². The average molecular weight is 448 g/mol. The Bertz CT molecular complexity index is 1070. The molecular formula is C21H22ClN3O4S. The number of aryl methyl sites for hydroxylation is 1. The van der Waals surface area contributed by atoms with Crippen molar-refractivity contribution in [2.75, 3.05) is 19.8 Å². The first-order valence-electron chi connectivity index (χ1n) is 9.77. The number of nitrogens with zero attached hydrogens (tertiary/aromatic N) is 2. The number of hydrogen-bond donors (Lipinski definition) is 1. The van der Waals surface area contributed by atoms with Crippen LogP contribution in [0.2, 0.25) is 5.02 Å². The highest BCUT2D eigenvalue weighted by molar-refractivity contribution is 7.20. The minimum Gasteiger partial charge on any atom is -0.451 e. The van der Waals surface area contributed by atoms with Gasteiger partial charge in [-0.1, -0.05) is 29.8 Å². The van der Waals surface area contributed by atoms with Gasteiger partial charge in [0, 0.05) is 23.6 Å². The summed E-state index contributed by atoms with van der Waals surface area (Å²) < 4.78 is 12.5. The summed E-state index contributed by atoms with van der Waals surface area (Å²) >= 11 is 7.56. The maximum atomic E-state index is 12.4. The molecule has 0 radical (unpaired) electrons. The largest absolute Gasteiger partial charge is 0.451 e. The summed E-state index contributed by atoms with van der Waals surface area (Å²) in [6, 6.07) is 9.36. The second-order valence-corrected chi connectivity index (χ2v) is 8.62. The van der Waals surface area contributed by atoms with Gasteiger partial charge in [0.25, 0.3) is 5.91 Å². The molecule has 7 nitrogen and oxygen atoms in total. The van der Waals surface area contributed by atoms with Gasteiger partial charge in [-0.2, -0.15) is 5.10 Å². The Labute approximate surface area is 182 Å². The second-order valence-electron chi connectivity index (χ2n) is 7.18. The number of fused-ring (bicyclic) bond motifs is 1. The lowest BCUT2D eigenvalue weighted by molar-refractivity contribution is -0.124. The lowest BCUT2D eigenvalue weighted by atomic mass is 10.2. The maximum Gasteiger partial charge on any atom is 0.348 e. The Hall–Kier alpha value is -2.42. The molecule has 1 aliphatic heterocycles. The number of aromatic nitrogens is 2. The topological polar surface area (TPSA) is 82.5 Å². The van der Waals surface area contributed by atoms with Crippen LogP contribution in [0.3, 0.4) is 0 Å². The SMILES string of the molecule is Cc1nn(Cc2ccccc2Cl)c2sc(C(=O)OCC(=O)NCC3CCCO3)cc12. The van der Waals surface area contributed by atoms with Gasteiger partial charge < -0.3 is 14.8 Å². The van der Waals surface area contributed by atoms with Gasteiger partial charge in [-0.15, -0.1) is 11.3 Å². The smallest absolute Gasteiger partial charge is 0.348 e. The minimum atomic E-state index is -0.521. The van der Waals surface area contributed by atoms with Crippen LogP contribution < -0.4 is 5.32 Å². The molecule has 3 heterocycles. The number of hydrogen-bond acceptors (Lipinski definition) is 6. The number of esters is 1. The number of nitrogens with one attached hydrogen (secondary N) is 1. The summed E-state index contributed by atoms with van der Waals surface area (Å²) in [5.41, 5.74) is 1.77. The van der Waals surface area contributed by atoms with E-state index in [1.807, 2.05) is 35.9 Å². The molecule has 1 fully saturated rings. The molecule has 30 heavy (non-hydrogen) atoms. The number of rotatable bonds is 7. The molecule has 2 aromatic heterocycles. The van der Waals surface area contributed by atoms with Crippen molar-refractivity contribution in [1.82, 2.24) is 15.1 Å². The minimum absolute atomic E-state index is 0.0521. The molecule has 1 N–H and O–H groups in total. The predicted octanol–water partition coefficient (Wildman–Crippen LogP) is 3.56. The van der Waals surface area contributed by atoms with Crippen molar-refractivity contribution in [3.63, 3.8) is 0 Å². The molecule has 0 saturated carbocycles. The zero-order chi connectivity index (χ0) is 21.1. The average Bonchev–Trinajstić information content (AvgIpc) is 3.46. The molecule has 1 aromatic carbocycles. The first-order chi connectivity index (χ1) is 14.5. The molecule has 0 aliphatic carbocycles. The van der Waals surface area contributed by atoms with E-state index in [1.165, 1.54) is 11.3 Å². The van der Waals surface area contributed by atoms with E-state index in [-0.39, 0.29) is 18.6 Å². The van der Waals surface area contributed by atoms with Crippen molar-refractivity contribution in [2.45, 2.75) is 32.4 Å². The molecule has 9 heteroatoms. The highest BCUT2D eigenvalue weighted by Gasteiger charge is 2.20. The summed E-state index contributed by atoms with van der Waals surface area (Å²) in [6.45, 7) is 3.26. The number of carbonyl (C=O) groups excluding carboxylic acids is 2. The Morgan fingerprint density at radius 2 is 2.23 bits per heavy atom. The van der Waals surface area contributed by atoms with Crippen molar-refractivity contribution in [1.29, 1.82) is 0 Å². The Balaban J connectivity index is 1.39. The predicted molar refractivity (Wildman–Crippen MR) is 115 cm³/mol.